The summed E-state index contributed by atoms with van der Waals surface area (Å²) in [5.74, 6) is -0.207. The predicted octanol–water partition coefficient (Wildman–Crippen LogP) is 3.36. The van der Waals surface area contributed by atoms with Crippen LogP contribution in [0, 0.1) is 5.41 Å². The van der Waals surface area contributed by atoms with E-state index in [1.165, 1.54) is 11.3 Å². The van der Waals surface area contributed by atoms with Gasteiger partial charge in [0.15, 0.2) is 5.78 Å². The number of hydrogen-bond acceptors (Lipinski definition) is 4. The van der Waals surface area contributed by atoms with Crippen molar-refractivity contribution in [2.45, 2.75) is 38.5 Å². The fraction of sp³-hybridized carbons (Fsp3) is 0.571. The van der Waals surface area contributed by atoms with Gasteiger partial charge in [0.05, 0.1) is 13.5 Å². The van der Waals surface area contributed by atoms with Gasteiger partial charge < -0.3 is 9.84 Å². The molecule has 0 atom stereocenters. The largest absolute Gasteiger partial charge is 0.495 e. The molecule has 4 nitrogen and oxygen atoms in total. The molecule has 19 heavy (non-hydrogen) atoms. The molecule has 1 aliphatic rings. The minimum atomic E-state index is -0.812. The first-order valence-electron chi connectivity index (χ1n) is 6.43. The number of carboxylic acids is 1. The van der Waals surface area contributed by atoms with Gasteiger partial charge in [-0.15, -0.1) is 11.3 Å². The highest BCUT2D eigenvalue weighted by atomic mass is 32.1. The van der Waals surface area contributed by atoms with E-state index in [9.17, 15) is 9.59 Å². The van der Waals surface area contributed by atoms with Crippen molar-refractivity contribution in [1.29, 1.82) is 0 Å². The molecule has 1 heterocycles. The summed E-state index contributed by atoms with van der Waals surface area (Å²) in [6.45, 7) is 0. The second kappa shape index (κ2) is 5.74. The summed E-state index contributed by atoms with van der Waals surface area (Å²) in [4.78, 5) is 24.0. The van der Waals surface area contributed by atoms with Crippen LogP contribution in [0.15, 0.2) is 11.4 Å². The highest BCUT2D eigenvalue weighted by Crippen LogP contribution is 2.45. The topological polar surface area (TPSA) is 63.6 Å². The molecule has 0 amide bonds. The number of aliphatic carboxylic acids is 1. The molecular formula is C14H18O4S. The van der Waals surface area contributed by atoms with E-state index >= 15 is 0 Å². The number of ether oxygens (including phenoxy) is 1. The molecule has 0 aromatic carbocycles. The van der Waals surface area contributed by atoms with E-state index in [0.29, 0.717) is 17.0 Å². The molecule has 0 radical (unpaired) electrons. The van der Waals surface area contributed by atoms with Crippen LogP contribution >= 0.6 is 11.3 Å². The number of ketones is 1. The molecule has 1 aliphatic carbocycles. The van der Waals surface area contributed by atoms with Gasteiger partial charge in [0.1, 0.15) is 10.6 Å². The summed E-state index contributed by atoms with van der Waals surface area (Å²) < 4.78 is 5.16. The molecule has 0 spiro atoms. The molecule has 0 aliphatic heterocycles. The Balaban J connectivity index is 2.13. The van der Waals surface area contributed by atoms with E-state index in [2.05, 4.69) is 0 Å². The second-order valence-corrected chi connectivity index (χ2v) is 6.11. The molecule has 2 rings (SSSR count). The Bertz CT molecular complexity index is 472. The van der Waals surface area contributed by atoms with Crippen LogP contribution in [0.1, 0.15) is 48.2 Å². The molecule has 1 N–H and O–H groups in total. The smallest absolute Gasteiger partial charge is 0.303 e. The third-order valence-electron chi connectivity index (χ3n) is 3.83. The van der Waals surface area contributed by atoms with Crippen LogP contribution in [0.4, 0.5) is 0 Å². The average Bonchev–Trinajstić information content (AvgIpc) is 2.96. The fourth-order valence-corrected chi connectivity index (χ4v) is 3.74. The molecule has 1 saturated carbocycles. The van der Waals surface area contributed by atoms with Crippen molar-refractivity contribution in [1.82, 2.24) is 0 Å². The Hall–Kier alpha value is -1.36. The number of carboxylic acid groups (broad SMARTS) is 1. The zero-order valence-corrected chi connectivity index (χ0v) is 11.8. The van der Waals surface area contributed by atoms with Gasteiger partial charge in [-0.2, -0.15) is 0 Å². The van der Waals surface area contributed by atoms with Crippen molar-refractivity contribution < 1.29 is 19.4 Å². The predicted molar refractivity (Wildman–Crippen MR) is 73.0 cm³/mol. The second-order valence-electron chi connectivity index (χ2n) is 5.20. The zero-order valence-electron chi connectivity index (χ0n) is 11.0. The average molecular weight is 282 g/mol. The number of rotatable bonds is 6. The van der Waals surface area contributed by atoms with Crippen molar-refractivity contribution in [3.05, 3.63) is 16.3 Å². The third-order valence-corrected chi connectivity index (χ3v) is 4.76. The number of hydrogen-bond donors (Lipinski definition) is 1. The molecule has 5 heteroatoms. The van der Waals surface area contributed by atoms with Gasteiger partial charge in [-0.05, 0) is 29.7 Å². The van der Waals surface area contributed by atoms with Crippen LogP contribution in [0.25, 0.3) is 0 Å². The molecule has 1 fully saturated rings. The van der Waals surface area contributed by atoms with Crippen LogP contribution < -0.4 is 4.74 Å². The molecule has 0 bridgehead atoms. The standard InChI is InChI=1S/C14H18O4S/c1-18-11-4-7-19-13(11)10(15)8-14(9-12(16)17)5-2-3-6-14/h4,7H,2-3,5-6,8-9H2,1H3,(H,16,17). The van der Waals surface area contributed by atoms with Gasteiger partial charge in [0, 0.05) is 6.42 Å². The summed E-state index contributed by atoms with van der Waals surface area (Å²) in [7, 11) is 1.54. The lowest BCUT2D eigenvalue weighted by atomic mass is 9.78. The summed E-state index contributed by atoms with van der Waals surface area (Å²) in [6, 6.07) is 1.77. The fourth-order valence-electron chi connectivity index (χ4n) is 2.94. The van der Waals surface area contributed by atoms with E-state index in [-0.39, 0.29) is 17.6 Å². The molecule has 1 aromatic rings. The molecule has 1 aromatic heterocycles. The van der Waals surface area contributed by atoms with Gasteiger partial charge in [0.25, 0.3) is 0 Å². The first kappa shape index (κ1) is 14.1. The highest BCUT2D eigenvalue weighted by molar-refractivity contribution is 7.12. The van der Waals surface area contributed by atoms with Crippen molar-refractivity contribution in [3.63, 3.8) is 0 Å². The van der Waals surface area contributed by atoms with Crippen LogP contribution in [-0.2, 0) is 4.79 Å². The van der Waals surface area contributed by atoms with Gasteiger partial charge in [-0.25, -0.2) is 0 Å². The number of carbonyl (C=O) groups is 2. The van der Waals surface area contributed by atoms with Crippen LogP contribution in [0.2, 0.25) is 0 Å². The van der Waals surface area contributed by atoms with E-state index in [0.717, 1.165) is 25.7 Å². The van der Waals surface area contributed by atoms with E-state index in [1.807, 2.05) is 5.38 Å². The number of carbonyl (C=O) groups excluding carboxylic acids is 1. The van der Waals surface area contributed by atoms with Gasteiger partial charge in [-0.3, -0.25) is 9.59 Å². The Kier molecular flexibility index (Phi) is 4.24. The summed E-state index contributed by atoms with van der Waals surface area (Å²) in [6.07, 6.45) is 4.10. The number of methoxy groups -OCH3 is 1. The van der Waals surface area contributed by atoms with Crippen LogP contribution in [0.3, 0.4) is 0 Å². The molecule has 0 unspecified atom stereocenters. The van der Waals surface area contributed by atoms with Gasteiger partial charge in [0.2, 0.25) is 0 Å². The van der Waals surface area contributed by atoms with Crippen molar-refractivity contribution in [3.8, 4) is 5.75 Å². The maximum Gasteiger partial charge on any atom is 0.303 e. The molecule has 104 valence electrons. The van der Waals surface area contributed by atoms with E-state index in [4.69, 9.17) is 9.84 Å². The zero-order chi connectivity index (χ0) is 13.9. The molecule has 0 saturated heterocycles. The van der Waals surface area contributed by atoms with Gasteiger partial charge in [-0.1, -0.05) is 12.8 Å². The third kappa shape index (κ3) is 3.15. The lowest BCUT2D eigenvalue weighted by Gasteiger charge is -2.26. The Morgan fingerprint density at radius 2 is 2.05 bits per heavy atom. The Morgan fingerprint density at radius 3 is 2.63 bits per heavy atom. The number of thiophene rings is 1. The number of Topliss-reactive ketones (excluding diaryl/α,β-unsaturated/α-hetero) is 1. The Morgan fingerprint density at radius 1 is 1.37 bits per heavy atom. The van der Waals surface area contributed by atoms with E-state index in [1.54, 1.807) is 13.2 Å². The van der Waals surface area contributed by atoms with Crippen molar-refractivity contribution in [2.75, 3.05) is 7.11 Å². The highest BCUT2D eigenvalue weighted by Gasteiger charge is 2.38. The van der Waals surface area contributed by atoms with Crippen molar-refractivity contribution in [2.24, 2.45) is 5.41 Å². The Labute approximate surface area is 116 Å². The minimum absolute atomic E-state index is 0.00926. The maximum atomic E-state index is 12.4. The van der Waals surface area contributed by atoms with Crippen molar-refractivity contribution >= 4 is 23.1 Å². The van der Waals surface area contributed by atoms with Gasteiger partial charge >= 0.3 is 5.97 Å². The lowest BCUT2D eigenvalue weighted by Crippen LogP contribution is -2.24. The lowest BCUT2D eigenvalue weighted by molar-refractivity contribution is -0.139. The minimum Gasteiger partial charge on any atom is -0.495 e. The monoisotopic (exact) mass is 282 g/mol. The summed E-state index contributed by atoms with van der Waals surface area (Å²) in [5, 5.41) is 10.9. The first-order valence-corrected chi connectivity index (χ1v) is 7.31. The maximum absolute atomic E-state index is 12.4. The summed E-state index contributed by atoms with van der Waals surface area (Å²) >= 11 is 1.36. The SMILES string of the molecule is COc1ccsc1C(=O)CC1(CC(=O)O)CCCC1. The van der Waals surface area contributed by atoms with Crippen LogP contribution in [-0.4, -0.2) is 24.0 Å². The molecular weight excluding hydrogens is 264 g/mol. The van der Waals surface area contributed by atoms with Crippen LogP contribution in [0.5, 0.6) is 5.75 Å². The quantitative estimate of drug-likeness (QED) is 0.812. The summed E-state index contributed by atoms with van der Waals surface area (Å²) in [5.41, 5.74) is -0.349. The van der Waals surface area contributed by atoms with E-state index < -0.39 is 5.97 Å². The first-order chi connectivity index (χ1) is 9.06. The normalized spacial score (nSPS) is 17.3.